The van der Waals surface area contributed by atoms with Gasteiger partial charge in [-0.1, -0.05) is 0 Å². The van der Waals surface area contributed by atoms with Crippen LogP contribution in [0.1, 0.15) is 27.9 Å². The number of benzene rings is 1. The van der Waals surface area contributed by atoms with Crippen molar-refractivity contribution in [3.8, 4) is 0 Å². The molecule has 1 saturated carbocycles. The fourth-order valence-corrected chi connectivity index (χ4v) is 2.98. The fourth-order valence-electron chi connectivity index (χ4n) is 2.98. The number of hydrogen-bond donors (Lipinski definition) is 1. The Morgan fingerprint density at radius 2 is 2.05 bits per heavy atom. The summed E-state index contributed by atoms with van der Waals surface area (Å²) in [5.74, 6) is -1.94. The SMILES string of the molecule is O=C(O)CN1C[C@]2(C[C@H]2F)c2cc(C(F)(F)F)ccc2C1=O. The minimum absolute atomic E-state index is 0.00922. The van der Waals surface area contributed by atoms with Crippen molar-refractivity contribution in [2.45, 2.75) is 24.2 Å². The average Bonchev–Trinajstić information content (AvgIpc) is 3.04. The molecular formula is C14H11F4NO3. The number of carboxylic acid groups (broad SMARTS) is 1. The highest BCUT2D eigenvalue weighted by molar-refractivity contribution is 5.99. The van der Waals surface area contributed by atoms with Gasteiger partial charge in [-0.3, -0.25) is 9.59 Å². The number of amides is 1. The van der Waals surface area contributed by atoms with Gasteiger partial charge in [0.15, 0.2) is 0 Å². The zero-order chi connectivity index (χ0) is 16.3. The van der Waals surface area contributed by atoms with Gasteiger partial charge in [-0.05, 0) is 30.2 Å². The maximum Gasteiger partial charge on any atom is 0.416 e. The van der Waals surface area contributed by atoms with E-state index in [0.29, 0.717) is 0 Å². The lowest BCUT2D eigenvalue weighted by Crippen LogP contribution is -2.46. The van der Waals surface area contributed by atoms with E-state index in [1.807, 2.05) is 0 Å². The van der Waals surface area contributed by atoms with Gasteiger partial charge in [0.2, 0.25) is 0 Å². The van der Waals surface area contributed by atoms with Crippen LogP contribution in [0, 0.1) is 0 Å². The van der Waals surface area contributed by atoms with Gasteiger partial charge in [0, 0.05) is 17.5 Å². The fraction of sp³-hybridized carbons (Fsp3) is 0.429. The molecular weight excluding hydrogens is 306 g/mol. The van der Waals surface area contributed by atoms with Crippen molar-refractivity contribution in [3.63, 3.8) is 0 Å². The first-order valence-corrected chi connectivity index (χ1v) is 6.52. The molecule has 8 heteroatoms. The van der Waals surface area contributed by atoms with Crippen molar-refractivity contribution in [1.82, 2.24) is 4.90 Å². The number of carbonyl (C=O) groups is 2. The van der Waals surface area contributed by atoms with Crippen LogP contribution in [-0.2, 0) is 16.4 Å². The van der Waals surface area contributed by atoms with Crippen molar-refractivity contribution in [2.24, 2.45) is 0 Å². The molecule has 1 spiro atoms. The molecule has 0 bridgehead atoms. The minimum Gasteiger partial charge on any atom is -0.480 e. The topological polar surface area (TPSA) is 57.6 Å². The zero-order valence-corrected chi connectivity index (χ0v) is 11.2. The lowest BCUT2D eigenvalue weighted by molar-refractivity contribution is -0.138. The van der Waals surface area contributed by atoms with E-state index in [4.69, 9.17) is 5.11 Å². The Balaban J connectivity index is 2.08. The summed E-state index contributed by atoms with van der Waals surface area (Å²) in [6.07, 6.45) is -5.97. The monoisotopic (exact) mass is 317 g/mol. The maximum absolute atomic E-state index is 13.8. The highest BCUT2D eigenvalue weighted by Crippen LogP contribution is 2.55. The van der Waals surface area contributed by atoms with Crippen LogP contribution >= 0.6 is 0 Å². The molecule has 0 unspecified atom stereocenters. The molecule has 22 heavy (non-hydrogen) atoms. The molecule has 1 aliphatic carbocycles. The molecule has 118 valence electrons. The second-order valence-electron chi connectivity index (χ2n) is 5.64. The van der Waals surface area contributed by atoms with Crippen molar-refractivity contribution in [3.05, 3.63) is 34.9 Å². The van der Waals surface area contributed by atoms with Gasteiger partial charge >= 0.3 is 12.1 Å². The summed E-state index contributed by atoms with van der Waals surface area (Å²) >= 11 is 0. The molecule has 2 atom stereocenters. The second kappa shape index (κ2) is 4.44. The molecule has 0 saturated heterocycles. The third kappa shape index (κ3) is 2.13. The maximum atomic E-state index is 13.8. The smallest absolute Gasteiger partial charge is 0.416 e. The number of alkyl halides is 4. The van der Waals surface area contributed by atoms with Gasteiger partial charge in [0.05, 0.1) is 5.56 Å². The van der Waals surface area contributed by atoms with Crippen molar-refractivity contribution in [2.75, 3.05) is 13.1 Å². The Hall–Kier alpha value is -2.12. The molecule has 1 amide bonds. The van der Waals surface area contributed by atoms with E-state index in [9.17, 15) is 27.2 Å². The van der Waals surface area contributed by atoms with Gasteiger partial charge in [-0.15, -0.1) is 0 Å². The van der Waals surface area contributed by atoms with Crippen molar-refractivity contribution < 1.29 is 32.3 Å². The van der Waals surface area contributed by atoms with E-state index in [0.717, 1.165) is 23.1 Å². The lowest BCUT2D eigenvalue weighted by atomic mass is 9.85. The molecule has 1 aromatic carbocycles. The molecule has 3 rings (SSSR count). The minimum atomic E-state index is -4.59. The second-order valence-corrected chi connectivity index (χ2v) is 5.64. The van der Waals surface area contributed by atoms with Crippen LogP contribution < -0.4 is 0 Å². The largest absolute Gasteiger partial charge is 0.480 e. The molecule has 2 aliphatic rings. The summed E-state index contributed by atoms with van der Waals surface area (Å²) in [7, 11) is 0. The molecule has 1 fully saturated rings. The van der Waals surface area contributed by atoms with Gasteiger partial charge in [0.1, 0.15) is 12.7 Å². The van der Waals surface area contributed by atoms with Crippen LogP contribution in [0.2, 0.25) is 0 Å². The average molecular weight is 317 g/mol. The Kier molecular flexibility index (Phi) is 2.99. The van der Waals surface area contributed by atoms with Crippen molar-refractivity contribution in [1.29, 1.82) is 0 Å². The first kappa shape index (κ1) is 14.8. The summed E-state index contributed by atoms with van der Waals surface area (Å²) in [5, 5.41) is 8.80. The Morgan fingerprint density at radius 1 is 1.41 bits per heavy atom. The lowest BCUT2D eigenvalue weighted by Gasteiger charge is -2.34. The molecule has 4 nitrogen and oxygen atoms in total. The van der Waals surface area contributed by atoms with Crippen LogP contribution in [0.3, 0.4) is 0 Å². The van der Waals surface area contributed by atoms with Crippen LogP contribution in [0.5, 0.6) is 0 Å². The highest BCUT2D eigenvalue weighted by atomic mass is 19.4. The molecule has 1 aliphatic heterocycles. The van der Waals surface area contributed by atoms with E-state index < -0.39 is 41.7 Å². The van der Waals surface area contributed by atoms with Crippen LogP contribution in [0.25, 0.3) is 0 Å². The normalized spacial score (nSPS) is 27.0. The van der Waals surface area contributed by atoms with Gasteiger partial charge < -0.3 is 10.0 Å². The molecule has 1 aromatic rings. The summed E-state index contributed by atoms with van der Waals surface area (Å²) in [4.78, 5) is 24.0. The third-order valence-electron chi connectivity index (χ3n) is 4.18. The number of hydrogen-bond acceptors (Lipinski definition) is 2. The number of rotatable bonds is 2. The number of aliphatic carboxylic acids is 1. The first-order chi connectivity index (χ1) is 10.1. The quantitative estimate of drug-likeness (QED) is 0.851. The van der Waals surface area contributed by atoms with Crippen molar-refractivity contribution >= 4 is 11.9 Å². The molecule has 0 aromatic heterocycles. The standard InChI is InChI=1S/C14H11F4NO3/c15-10-4-13(10)6-19(5-11(20)21)12(22)8-2-1-7(3-9(8)13)14(16,17)18/h1-3,10H,4-6H2,(H,20,21)/t10-,13-/m1/s1. The summed E-state index contributed by atoms with van der Waals surface area (Å²) < 4.78 is 52.2. The Morgan fingerprint density at radius 3 is 2.55 bits per heavy atom. The molecule has 0 radical (unpaired) electrons. The van der Waals surface area contributed by atoms with E-state index in [1.165, 1.54) is 0 Å². The van der Waals surface area contributed by atoms with Crippen LogP contribution in [-0.4, -0.2) is 41.1 Å². The Bertz CT molecular complexity index is 673. The summed E-state index contributed by atoms with van der Waals surface area (Å²) in [6.45, 7) is -0.818. The van der Waals surface area contributed by atoms with E-state index in [2.05, 4.69) is 0 Å². The summed E-state index contributed by atoms with van der Waals surface area (Å²) in [5.41, 5.74) is -2.17. The van der Waals surface area contributed by atoms with Gasteiger partial charge in [-0.25, -0.2) is 4.39 Å². The van der Waals surface area contributed by atoms with Gasteiger partial charge in [0.25, 0.3) is 5.91 Å². The zero-order valence-electron chi connectivity index (χ0n) is 11.2. The van der Waals surface area contributed by atoms with E-state index in [1.54, 1.807) is 0 Å². The van der Waals surface area contributed by atoms with Crippen LogP contribution in [0.4, 0.5) is 17.6 Å². The molecule has 1 heterocycles. The first-order valence-electron chi connectivity index (χ1n) is 6.52. The number of carbonyl (C=O) groups excluding carboxylic acids is 1. The number of halogens is 4. The van der Waals surface area contributed by atoms with Crippen LogP contribution in [0.15, 0.2) is 18.2 Å². The predicted octanol–water partition coefficient (Wildman–Crippen LogP) is 2.23. The summed E-state index contributed by atoms with van der Waals surface area (Å²) in [6, 6.07) is 2.57. The number of nitrogens with zero attached hydrogens (tertiary/aromatic N) is 1. The van der Waals surface area contributed by atoms with E-state index in [-0.39, 0.29) is 24.1 Å². The van der Waals surface area contributed by atoms with E-state index >= 15 is 0 Å². The number of carboxylic acids is 1. The number of fused-ring (bicyclic) bond motifs is 2. The highest BCUT2D eigenvalue weighted by Gasteiger charge is 2.61. The van der Waals surface area contributed by atoms with Gasteiger partial charge in [-0.2, -0.15) is 13.2 Å². The molecule has 1 N–H and O–H groups in total. The third-order valence-corrected chi connectivity index (χ3v) is 4.18. The predicted molar refractivity (Wildman–Crippen MR) is 66.2 cm³/mol. The Labute approximate surface area is 122 Å².